The molecule has 3 N–H and O–H groups in total. The zero-order valence-corrected chi connectivity index (χ0v) is 17.1. The largest absolute Gasteiger partial charge is 0.467 e. The maximum atomic E-state index is 13.5. The van der Waals surface area contributed by atoms with Crippen LogP contribution < -0.4 is 11.2 Å². The summed E-state index contributed by atoms with van der Waals surface area (Å²) < 4.78 is 36.6. The molecule has 12 nitrogen and oxygen atoms in total. The number of aliphatic hydroxyl groups is 2. The summed E-state index contributed by atoms with van der Waals surface area (Å²) in [4.78, 5) is 30.5. The van der Waals surface area contributed by atoms with Crippen LogP contribution in [0.4, 0.5) is 0 Å². The topological polar surface area (TPSA) is 162 Å². The van der Waals surface area contributed by atoms with E-state index in [0.717, 1.165) is 11.0 Å². The van der Waals surface area contributed by atoms with E-state index in [9.17, 15) is 24.4 Å². The Morgan fingerprint density at radius 1 is 1.34 bits per heavy atom. The number of aromatic amines is 1. The fourth-order valence-electron chi connectivity index (χ4n) is 3.60. The fraction of sp³-hybridized carbons (Fsp3) is 0.688. The Morgan fingerprint density at radius 2 is 2.00 bits per heavy atom. The van der Waals surface area contributed by atoms with Gasteiger partial charge >= 0.3 is 13.3 Å². The van der Waals surface area contributed by atoms with Crippen molar-refractivity contribution in [2.45, 2.75) is 50.6 Å². The molecule has 5 atom stereocenters. The van der Waals surface area contributed by atoms with Crippen LogP contribution in [0.3, 0.4) is 0 Å². The highest BCUT2D eigenvalue weighted by atomic mass is 31.2. The minimum Gasteiger partial charge on any atom is -0.467 e. The van der Waals surface area contributed by atoms with Crippen molar-refractivity contribution in [1.29, 1.82) is 0 Å². The van der Waals surface area contributed by atoms with Crippen molar-refractivity contribution >= 4 is 14.0 Å². The lowest BCUT2D eigenvalue weighted by molar-refractivity contribution is -0.0918. The van der Waals surface area contributed by atoms with Crippen molar-refractivity contribution < 1.29 is 33.3 Å². The van der Waals surface area contributed by atoms with E-state index < -0.39 is 55.3 Å². The lowest BCUT2D eigenvalue weighted by atomic mass is 9.93. The molecule has 0 amide bonds. The van der Waals surface area contributed by atoms with Gasteiger partial charge in [-0.3, -0.25) is 18.9 Å². The minimum absolute atomic E-state index is 0.0299. The Bertz CT molecular complexity index is 934. The number of aryl methyl sites for hydroxylation is 1. The summed E-state index contributed by atoms with van der Waals surface area (Å²) in [5.41, 5.74) is -3.14. The number of aliphatic imine (C=N–C) groups is 1. The number of ether oxygens (including phenoxy) is 2. The Morgan fingerprint density at radius 3 is 2.59 bits per heavy atom. The Hall–Kier alpha value is -1.82. The van der Waals surface area contributed by atoms with Gasteiger partial charge in [0.25, 0.3) is 5.56 Å². The zero-order valence-electron chi connectivity index (χ0n) is 16.2. The molecule has 3 rings (SSSR count). The molecule has 13 heteroatoms. The molecule has 0 saturated carbocycles. The lowest BCUT2D eigenvalue weighted by Gasteiger charge is -2.37. The number of aliphatic hydroxyl groups excluding tert-OH is 2. The van der Waals surface area contributed by atoms with Crippen molar-refractivity contribution in [3.8, 4) is 0 Å². The highest BCUT2D eigenvalue weighted by Crippen LogP contribution is 2.63. The standard InChI is InChI=1S/C16H24N3O9P/c1-4-26-29(24,27-5-2)13-16(25-8-17-13)11(21)10(7-20)28-14(16)19-6-9(3)12(22)18-15(19)23/h6,8,10-11,13-14,20-21H,4-5,7H2,1-3H3,(H,18,22,23)/t10-,11?,13?,14-,16?/m1/s1. The van der Waals surface area contributed by atoms with E-state index >= 15 is 0 Å². The van der Waals surface area contributed by atoms with Gasteiger partial charge in [-0.05, 0) is 20.8 Å². The predicted octanol–water partition coefficient (Wildman–Crippen LogP) is -0.515. The van der Waals surface area contributed by atoms with Crippen LogP contribution in [0.25, 0.3) is 0 Å². The quantitative estimate of drug-likeness (QED) is 0.481. The summed E-state index contributed by atoms with van der Waals surface area (Å²) in [6, 6.07) is 0. The lowest BCUT2D eigenvalue weighted by Crippen LogP contribution is -2.56. The van der Waals surface area contributed by atoms with Gasteiger partial charge in [0.1, 0.15) is 12.2 Å². The zero-order chi connectivity index (χ0) is 21.4. The molecule has 0 aromatic carbocycles. The normalized spacial score (nSPS) is 31.5. The van der Waals surface area contributed by atoms with Gasteiger partial charge in [0.15, 0.2) is 12.6 Å². The number of rotatable bonds is 7. The molecule has 0 bridgehead atoms. The third-order valence-electron chi connectivity index (χ3n) is 4.86. The van der Waals surface area contributed by atoms with Gasteiger partial charge < -0.3 is 28.7 Å². The van der Waals surface area contributed by atoms with Gasteiger partial charge in [-0.1, -0.05) is 0 Å². The number of hydrogen-bond donors (Lipinski definition) is 3. The fourth-order valence-corrected chi connectivity index (χ4v) is 5.73. The molecule has 0 radical (unpaired) electrons. The number of nitrogens with one attached hydrogen (secondary N) is 1. The van der Waals surface area contributed by atoms with E-state index in [0.29, 0.717) is 0 Å². The number of H-pyrrole nitrogens is 1. The van der Waals surface area contributed by atoms with E-state index in [1.165, 1.54) is 13.1 Å². The molecule has 162 valence electrons. The molecule has 3 unspecified atom stereocenters. The first kappa shape index (κ1) is 21.9. The summed E-state index contributed by atoms with van der Waals surface area (Å²) in [7, 11) is -3.98. The third-order valence-corrected chi connectivity index (χ3v) is 7.23. The second-order valence-electron chi connectivity index (χ2n) is 6.61. The van der Waals surface area contributed by atoms with E-state index in [2.05, 4.69) is 9.98 Å². The maximum absolute atomic E-state index is 13.5. The van der Waals surface area contributed by atoms with Crippen molar-refractivity contribution in [3.05, 3.63) is 32.6 Å². The van der Waals surface area contributed by atoms with Crippen LogP contribution in [-0.2, 0) is 23.1 Å². The Balaban J connectivity index is 2.19. The summed E-state index contributed by atoms with van der Waals surface area (Å²) in [5, 5.41) is 20.6. The van der Waals surface area contributed by atoms with Crippen molar-refractivity contribution in [2.24, 2.45) is 4.99 Å². The predicted molar refractivity (Wildman–Crippen MR) is 100 cm³/mol. The van der Waals surface area contributed by atoms with Gasteiger partial charge in [0, 0.05) is 11.8 Å². The van der Waals surface area contributed by atoms with E-state index in [-0.39, 0.29) is 18.8 Å². The van der Waals surface area contributed by atoms with Crippen LogP contribution in [0, 0.1) is 6.92 Å². The van der Waals surface area contributed by atoms with Crippen molar-refractivity contribution in [3.63, 3.8) is 0 Å². The third kappa shape index (κ3) is 3.39. The number of aromatic nitrogens is 2. The summed E-state index contributed by atoms with van der Waals surface area (Å²) in [5.74, 6) is -1.38. The molecule has 3 heterocycles. The molecule has 2 aliphatic heterocycles. The maximum Gasteiger partial charge on any atom is 0.359 e. The first-order chi connectivity index (χ1) is 13.7. The first-order valence-electron chi connectivity index (χ1n) is 9.09. The number of hydrogen-bond acceptors (Lipinski definition) is 10. The highest BCUT2D eigenvalue weighted by Gasteiger charge is 2.70. The molecule has 29 heavy (non-hydrogen) atoms. The second kappa shape index (κ2) is 8.13. The van der Waals surface area contributed by atoms with Crippen LogP contribution in [0.5, 0.6) is 0 Å². The van der Waals surface area contributed by atoms with Crippen LogP contribution in [0.2, 0.25) is 0 Å². The van der Waals surface area contributed by atoms with Crippen molar-refractivity contribution in [1.82, 2.24) is 9.55 Å². The molecule has 1 aromatic heterocycles. The smallest absolute Gasteiger partial charge is 0.359 e. The molecular weight excluding hydrogens is 409 g/mol. The van der Waals surface area contributed by atoms with Gasteiger partial charge in [-0.2, -0.15) is 0 Å². The van der Waals surface area contributed by atoms with E-state index in [1.807, 2.05) is 0 Å². The monoisotopic (exact) mass is 433 g/mol. The molecule has 0 aliphatic carbocycles. The van der Waals surface area contributed by atoms with E-state index in [1.54, 1.807) is 13.8 Å². The van der Waals surface area contributed by atoms with E-state index in [4.69, 9.17) is 18.5 Å². The molecule has 2 aliphatic rings. The van der Waals surface area contributed by atoms with Gasteiger partial charge in [-0.15, -0.1) is 0 Å². The molecule has 1 fully saturated rings. The van der Waals surface area contributed by atoms with Crippen molar-refractivity contribution in [2.75, 3.05) is 19.8 Å². The summed E-state index contributed by atoms with van der Waals surface area (Å²) in [6.07, 6.45) is -1.90. The average Bonchev–Trinajstić information content (AvgIpc) is 3.23. The molecule has 1 spiro atoms. The first-order valence-corrected chi connectivity index (χ1v) is 10.7. The Kier molecular flexibility index (Phi) is 6.13. The van der Waals surface area contributed by atoms with Gasteiger partial charge in [0.2, 0.25) is 11.4 Å². The second-order valence-corrected chi connectivity index (χ2v) is 8.69. The Labute approximate surface area is 165 Å². The SMILES string of the molecule is CCOP(=O)(OCC)C1N=COC12C(O)[C@@H](CO)O[C@H]2n1cc(C)c(=O)[nH]c1=O. The van der Waals surface area contributed by atoms with Gasteiger partial charge in [0.05, 0.1) is 19.8 Å². The molecular formula is C16H24N3O9P. The van der Waals surface area contributed by atoms with Crippen LogP contribution in [0.1, 0.15) is 25.6 Å². The van der Waals surface area contributed by atoms with Crippen LogP contribution >= 0.6 is 7.60 Å². The van der Waals surface area contributed by atoms with Crippen LogP contribution in [0.15, 0.2) is 20.8 Å². The average molecular weight is 433 g/mol. The number of nitrogens with zero attached hydrogens (tertiary/aromatic N) is 2. The highest BCUT2D eigenvalue weighted by molar-refractivity contribution is 7.54. The summed E-state index contributed by atoms with van der Waals surface area (Å²) >= 11 is 0. The molecule has 1 aromatic rings. The van der Waals surface area contributed by atoms with Crippen LogP contribution in [-0.4, -0.2) is 69.6 Å². The van der Waals surface area contributed by atoms with Gasteiger partial charge in [-0.25, -0.2) is 9.79 Å². The molecule has 1 saturated heterocycles. The minimum atomic E-state index is -3.98. The summed E-state index contributed by atoms with van der Waals surface area (Å²) in [6.45, 7) is 4.15.